The van der Waals surface area contributed by atoms with Crippen LogP contribution in [-0.4, -0.2) is 52.9 Å². The number of benzene rings is 3. The van der Waals surface area contributed by atoms with E-state index in [0.29, 0.717) is 30.0 Å². The van der Waals surface area contributed by atoms with Crippen LogP contribution in [0.5, 0.6) is 0 Å². The quantitative estimate of drug-likeness (QED) is 0.334. The summed E-state index contributed by atoms with van der Waals surface area (Å²) in [6.07, 6.45) is 1.92. The van der Waals surface area contributed by atoms with E-state index in [1.54, 1.807) is 69.3 Å². The molecule has 0 aliphatic carbocycles. The van der Waals surface area contributed by atoms with Crippen molar-refractivity contribution in [2.24, 2.45) is 0 Å². The van der Waals surface area contributed by atoms with Gasteiger partial charge in [-0.25, -0.2) is 16.8 Å². The molecule has 0 radical (unpaired) electrons. The number of hydrogen-bond donors (Lipinski definition) is 1. The van der Waals surface area contributed by atoms with E-state index in [0.717, 1.165) is 4.90 Å². The average Bonchev–Trinajstić information content (AvgIpc) is 2.90. The van der Waals surface area contributed by atoms with Gasteiger partial charge >= 0.3 is 0 Å². The smallest absolute Gasteiger partial charge is 0.264 e. The number of sulfonamides is 2. The molecule has 3 rings (SSSR count). The molecule has 0 fully saturated rings. The third kappa shape index (κ3) is 6.35. The molecular weight excluding hydrogens is 531 g/mol. The molecule has 0 heterocycles. The Balaban J connectivity index is 1.75. The Kier molecular flexibility index (Phi) is 9.41. The van der Waals surface area contributed by atoms with Gasteiger partial charge in [0.15, 0.2) is 0 Å². The lowest BCUT2D eigenvalue weighted by atomic mass is 10.2. The Bertz CT molecular complexity index is 1420. The number of hydrogen-bond acceptors (Lipinski definition) is 6. The Labute approximate surface area is 223 Å². The van der Waals surface area contributed by atoms with Crippen molar-refractivity contribution < 1.29 is 21.6 Å². The third-order valence-corrected chi connectivity index (χ3v) is 10.5. The number of carbonyl (C=O) groups excluding carboxylic acids is 1. The molecular formula is C26H31N3O5S3. The SMILES string of the molecule is CCN(CC)S(=O)(=O)c1ccc(NC(=O)c2ccc(N(CC)S(=O)(=O)c3ccc(SC)cc3)cc2)cc1. The van der Waals surface area contributed by atoms with Gasteiger partial charge in [-0.2, -0.15) is 4.31 Å². The fourth-order valence-electron chi connectivity index (χ4n) is 3.77. The second-order valence-electron chi connectivity index (χ2n) is 7.96. The first-order chi connectivity index (χ1) is 17.6. The summed E-state index contributed by atoms with van der Waals surface area (Å²) >= 11 is 1.53. The summed E-state index contributed by atoms with van der Waals surface area (Å²) in [7, 11) is -7.35. The molecule has 37 heavy (non-hydrogen) atoms. The summed E-state index contributed by atoms with van der Waals surface area (Å²) in [4.78, 5) is 14.1. The highest BCUT2D eigenvalue weighted by Gasteiger charge is 2.24. The van der Waals surface area contributed by atoms with E-state index in [9.17, 15) is 21.6 Å². The molecule has 0 bridgehead atoms. The number of carbonyl (C=O) groups is 1. The summed E-state index contributed by atoms with van der Waals surface area (Å²) in [6.45, 7) is 6.26. The average molecular weight is 562 g/mol. The molecule has 1 N–H and O–H groups in total. The van der Waals surface area contributed by atoms with Crippen molar-refractivity contribution in [1.29, 1.82) is 0 Å². The van der Waals surface area contributed by atoms with Crippen molar-refractivity contribution in [3.05, 3.63) is 78.4 Å². The molecule has 0 saturated heterocycles. The van der Waals surface area contributed by atoms with Crippen molar-refractivity contribution in [2.45, 2.75) is 35.5 Å². The first-order valence-electron chi connectivity index (χ1n) is 11.8. The van der Waals surface area contributed by atoms with Crippen LogP contribution < -0.4 is 9.62 Å². The number of nitrogens with zero attached hydrogens (tertiary/aromatic N) is 2. The van der Waals surface area contributed by atoms with E-state index < -0.39 is 26.0 Å². The van der Waals surface area contributed by atoms with Crippen molar-refractivity contribution in [3.8, 4) is 0 Å². The molecule has 3 aromatic rings. The van der Waals surface area contributed by atoms with Crippen LogP contribution in [0.25, 0.3) is 0 Å². The topological polar surface area (TPSA) is 104 Å². The molecule has 8 nitrogen and oxygen atoms in total. The highest BCUT2D eigenvalue weighted by Crippen LogP contribution is 2.26. The molecule has 0 aliphatic heterocycles. The Hall–Kier alpha value is -2.86. The van der Waals surface area contributed by atoms with Crippen LogP contribution in [0.3, 0.4) is 0 Å². The first kappa shape index (κ1) is 28.7. The first-order valence-corrected chi connectivity index (χ1v) is 15.9. The normalized spacial score (nSPS) is 11.9. The number of nitrogens with one attached hydrogen (secondary N) is 1. The monoisotopic (exact) mass is 561 g/mol. The van der Waals surface area contributed by atoms with Crippen LogP contribution in [-0.2, 0) is 20.0 Å². The van der Waals surface area contributed by atoms with Crippen LogP contribution in [0.1, 0.15) is 31.1 Å². The summed E-state index contributed by atoms with van der Waals surface area (Å²) < 4.78 is 54.3. The van der Waals surface area contributed by atoms with E-state index in [1.807, 2.05) is 6.26 Å². The molecule has 0 aliphatic rings. The van der Waals surface area contributed by atoms with Gasteiger partial charge in [-0.3, -0.25) is 9.10 Å². The van der Waals surface area contributed by atoms with E-state index in [2.05, 4.69) is 5.32 Å². The Morgan fingerprint density at radius 3 is 1.73 bits per heavy atom. The second kappa shape index (κ2) is 12.1. The van der Waals surface area contributed by atoms with Gasteiger partial charge in [0, 0.05) is 35.8 Å². The molecule has 198 valence electrons. The van der Waals surface area contributed by atoms with E-state index in [1.165, 1.54) is 44.6 Å². The van der Waals surface area contributed by atoms with Crippen LogP contribution in [0.15, 0.2) is 87.5 Å². The predicted molar refractivity (Wildman–Crippen MR) is 149 cm³/mol. The molecule has 0 aromatic heterocycles. The maximum Gasteiger partial charge on any atom is 0.264 e. The lowest BCUT2D eigenvalue weighted by Crippen LogP contribution is -2.30. The number of anilines is 2. The number of thioether (sulfide) groups is 1. The van der Waals surface area contributed by atoms with Crippen LogP contribution in [0.4, 0.5) is 11.4 Å². The Morgan fingerprint density at radius 2 is 1.24 bits per heavy atom. The molecule has 11 heteroatoms. The minimum atomic E-state index is -3.77. The van der Waals surface area contributed by atoms with Gasteiger partial charge in [0.25, 0.3) is 15.9 Å². The summed E-state index contributed by atoms with van der Waals surface area (Å²) in [5.41, 5.74) is 1.22. The summed E-state index contributed by atoms with van der Waals surface area (Å²) in [5.74, 6) is -0.399. The van der Waals surface area contributed by atoms with E-state index in [4.69, 9.17) is 0 Å². The number of rotatable bonds is 11. The zero-order valence-corrected chi connectivity index (χ0v) is 23.7. The summed E-state index contributed by atoms with van der Waals surface area (Å²) in [5, 5.41) is 2.74. The maximum absolute atomic E-state index is 13.2. The fourth-order valence-corrected chi connectivity index (χ4v) is 7.11. The number of amides is 1. The fraction of sp³-hybridized carbons (Fsp3) is 0.269. The highest BCUT2D eigenvalue weighted by atomic mass is 32.2. The van der Waals surface area contributed by atoms with Crippen molar-refractivity contribution in [1.82, 2.24) is 4.31 Å². The maximum atomic E-state index is 13.2. The predicted octanol–water partition coefficient (Wildman–Crippen LogP) is 4.91. The van der Waals surface area contributed by atoms with Crippen LogP contribution >= 0.6 is 11.8 Å². The van der Waals surface area contributed by atoms with Gasteiger partial charge in [0.2, 0.25) is 10.0 Å². The zero-order valence-electron chi connectivity index (χ0n) is 21.2. The van der Waals surface area contributed by atoms with Crippen LogP contribution in [0.2, 0.25) is 0 Å². The minimum absolute atomic E-state index is 0.155. The molecule has 0 unspecified atom stereocenters. The zero-order chi connectivity index (χ0) is 27.2. The molecule has 0 spiro atoms. The lowest BCUT2D eigenvalue weighted by molar-refractivity contribution is 0.102. The molecule has 0 atom stereocenters. The minimum Gasteiger partial charge on any atom is -0.322 e. The molecule has 0 saturated carbocycles. The standard InChI is InChI=1S/C26H31N3O5S3/c1-5-28(6-2)36(31,32)24-16-10-21(11-17-24)27-26(30)20-8-12-22(13-9-20)29(7-3)37(33,34)25-18-14-23(35-4)15-19-25/h8-19H,5-7H2,1-4H3,(H,27,30). The van der Waals surface area contributed by atoms with Gasteiger partial charge < -0.3 is 5.32 Å². The molecule has 3 aromatic carbocycles. The van der Waals surface area contributed by atoms with Gasteiger partial charge in [0.05, 0.1) is 15.5 Å². The van der Waals surface area contributed by atoms with E-state index >= 15 is 0 Å². The van der Waals surface area contributed by atoms with Crippen molar-refractivity contribution in [2.75, 3.05) is 35.5 Å². The highest BCUT2D eigenvalue weighted by molar-refractivity contribution is 7.98. The largest absolute Gasteiger partial charge is 0.322 e. The van der Waals surface area contributed by atoms with Gasteiger partial charge in [-0.05, 0) is 86.0 Å². The third-order valence-electron chi connectivity index (χ3n) is 5.81. The van der Waals surface area contributed by atoms with Gasteiger partial charge in [0.1, 0.15) is 0 Å². The summed E-state index contributed by atoms with van der Waals surface area (Å²) in [6, 6.07) is 19.0. The van der Waals surface area contributed by atoms with Gasteiger partial charge in [-0.1, -0.05) is 13.8 Å². The second-order valence-corrected chi connectivity index (χ2v) is 12.6. The van der Waals surface area contributed by atoms with Crippen LogP contribution in [0, 0.1) is 0 Å². The van der Waals surface area contributed by atoms with Crippen molar-refractivity contribution >= 4 is 49.1 Å². The Morgan fingerprint density at radius 1 is 0.730 bits per heavy atom. The van der Waals surface area contributed by atoms with E-state index in [-0.39, 0.29) is 16.3 Å². The van der Waals surface area contributed by atoms with Crippen molar-refractivity contribution in [3.63, 3.8) is 0 Å². The molecule has 1 amide bonds. The lowest BCUT2D eigenvalue weighted by Gasteiger charge is -2.23. The van der Waals surface area contributed by atoms with Gasteiger partial charge in [-0.15, -0.1) is 11.8 Å².